The highest BCUT2D eigenvalue weighted by Gasteiger charge is 2.50. The summed E-state index contributed by atoms with van der Waals surface area (Å²) >= 11 is 0. The van der Waals surface area contributed by atoms with Gasteiger partial charge in [0.2, 0.25) is 5.91 Å². The molecule has 2 aliphatic heterocycles. The first-order valence-electron chi connectivity index (χ1n) is 12.9. The maximum absolute atomic E-state index is 15.9. The van der Waals surface area contributed by atoms with Crippen molar-refractivity contribution in [2.24, 2.45) is 11.8 Å². The Hall–Kier alpha value is -3.41. The third-order valence-corrected chi connectivity index (χ3v) is 8.04. The van der Waals surface area contributed by atoms with E-state index in [1.807, 2.05) is 0 Å². The molecule has 0 spiro atoms. The van der Waals surface area contributed by atoms with Crippen molar-refractivity contribution in [1.29, 1.82) is 0 Å². The van der Waals surface area contributed by atoms with Crippen molar-refractivity contribution in [3.8, 4) is 0 Å². The Balaban J connectivity index is 1.29. The Morgan fingerprint density at radius 1 is 1.21 bits per heavy atom. The predicted octanol–water partition coefficient (Wildman–Crippen LogP) is 3.87. The number of hydrogen-bond donors (Lipinski definition) is 2. The fraction of sp³-hybridized carbons (Fsp3) is 0.538. The van der Waals surface area contributed by atoms with Gasteiger partial charge in [0.15, 0.2) is 5.82 Å². The molecule has 2 N–H and O–H groups in total. The molecule has 1 aliphatic carbocycles. The largest absolute Gasteiger partial charge is 0.380 e. The molecular formula is C26H28F3N5O4. The molecule has 3 unspecified atom stereocenters. The van der Waals surface area contributed by atoms with E-state index in [1.165, 1.54) is 6.26 Å². The van der Waals surface area contributed by atoms with E-state index in [0.717, 1.165) is 30.6 Å². The van der Waals surface area contributed by atoms with Gasteiger partial charge in [0.05, 0.1) is 49.5 Å². The molecule has 9 nitrogen and oxygen atoms in total. The fourth-order valence-electron chi connectivity index (χ4n) is 5.95. The quantitative estimate of drug-likeness (QED) is 0.500. The normalized spacial score (nSPS) is 24.1. The molecule has 4 heterocycles. The van der Waals surface area contributed by atoms with Gasteiger partial charge in [-0.15, -0.1) is 0 Å². The van der Waals surface area contributed by atoms with Gasteiger partial charge in [0.25, 0.3) is 11.8 Å². The summed E-state index contributed by atoms with van der Waals surface area (Å²) in [4.78, 5) is 34.7. The van der Waals surface area contributed by atoms with Crippen LogP contribution in [0.5, 0.6) is 0 Å². The zero-order valence-corrected chi connectivity index (χ0v) is 20.8. The van der Waals surface area contributed by atoms with Crippen molar-refractivity contribution in [2.75, 3.05) is 26.3 Å². The number of aromatic amines is 1. The maximum Gasteiger partial charge on any atom is 0.282 e. The predicted molar refractivity (Wildman–Crippen MR) is 128 cm³/mol. The second-order valence-electron chi connectivity index (χ2n) is 10.6. The lowest BCUT2D eigenvalue weighted by Crippen LogP contribution is -2.60. The third-order valence-electron chi connectivity index (χ3n) is 8.04. The van der Waals surface area contributed by atoms with Gasteiger partial charge in [-0.25, -0.2) is 18.2 Å². The summed E-state index contributed by atoms with van der Waals surface area (Å²) in [5.74, 6) is -5.03. The highest BCUT2D eigenvalue weighted by Crippen LogP contribution is 2.39. The van der Waals surface area contributed by atoms with Crippen LogP contribution in [0, 0.1) is 24.6 Å². The first-order valence-corrected chi connectivity index (χ1v) is 12.9. The van der Waals surface area contributed by atoms with E-state index in [2.05, 4.69) is 20.4 Å². The van der Waals surface area contributed by atoms with E-state index < -0.39 is 48.6 Å². The zero-order valence-electron chi connectivity index (χ0n) is 20.8. The van der Waals surface area contributed by atoms with E-state index in [1.54, 1.807) is 19.1 Å². The number of aryl methyl sites for hydroxylation is 1. The van der Waals surface area contributed by atoms with Crippen LogP contribution in [0.4, 0.5) is 13.2 Å². The van der Waals surface area contributed by atoms with E-state index in [4.69, 9.17) is 9.26 Å². The van der Waals surface area contributed by atoms with E-state index in [-0.39, 0.29) is 36.1 Å². The number of carbonyl (C=O) groups excluding carboxylic acids is 2. The van der Waals surface area contributed by atoms with Crippen molar-refractivity contribution < 1.29 is 32.0 Å². The molecule has 1 aromatic carbocycles. The molecular weight excluding hydrogens is 503 g/mol. The molecule has 3 fully saturated rings. The van der Waals surface area contributed by atoms with Gasteiger partial charge in [-0.1, -0.05) is 24.1 Å². The van der Waals surface area contributed by atoms with Gasteiger partial charge in [0, 0.05) is 5.92 Å². The topological polar surface area (TPSA) is 113 Å². The van der Waals surface area contributed by atoms with E-state index in [9.17, 15) is 18.4 Å². The molecule has 0 radical (unpaired) electrons. The van der Waals surface area contributed by atoms with Crippen LogP contribution in [0.15, 0.2) is 22.9 Å². The van der Waals surface area contributed by atoms with E-state index >= 15 is 4.39 Å². The number of ether oxygens (including phenoxy) is 1. The van der Waals surface area contributed by atoms with Crippen LogP contribution in [-0.2, 0) is 9.53 Å². The average molecular weight is 532 g/mol. The van der Waals surface area contributed by atoms with Gasteiger partial charge in [0.1, 0.15) is 23.2 Å². The summed E-state index contributed by atoms with van der Waals surface area (Å²) in [5, 5.41) is 6.81. The standard InChI is InChI=1S/C26H28F3N5O4/c1-13-16(10-38-33-13)24(35)32-21(14-4-2-3-5-14)23-30-19-7-6-15(20(27)22(19)31-23)17-8-37-9-18(17)25(36)34-11-26(28,29)12-34/h6-7,10,14,17-18,21H,2-5,8-9,11-12H2,1H3,(H,30,31)(H,32,35). The summed E-state index contributed by atoms with van der Waals surface area (Å²) in [6.45, 7) is 0.593. The molecule has 202 valence electrons. The lowest BCUT2D eigenvalue weighted by atomic mass is 9.86. The Morgan fingerprint density at radius 3 is 2.66 bits per heavy atom. The van der Waals surface area contributed by atoms with Crippen molar-refractivity contribution in [3.63, 3.8) is 0 Å². The molecule has 3 aromatic rings. The molecule has 3 aliphatic rings. The van der Waals surface area contributed by atoms with Gasteiger partial charge < -0.3 is 24.5 Å². The zero-order chi connectivity index (χ0) is 26.6. The number of alkyl halides is 2. The highest BCUT2D eigenvalue weighted by molar-refractivity contribution is 5.95. The minimum Gasteiger partial charge on any atom is -0.380 e. The van der Waals surface area contributed by atoms with Gasteiger partial charge in [-0.2, -0.15) is 0 Å². The lowest BCUT2D eigenvalue weighted by Gasteiger charge is -2.40. The second-order valence-corrected chi connectivity index (χ2v) is 10.6. The number of halogens is 3. The Morgan fingerprint density at radius 2 is 1.97 bits per heavy atom. The number of fused-ring (bicyclic) bond motifs is 1. The Kier molecular flexibility index (Phi) is 6.16. The number of nitrogens with one attached hydrogen (secondary N) is 2. The van der Waals surface area contributed by atoms with Gasteiger partial charge in [-0.3, -0.25) is 9.59 Å². The van der Waals surface area contributed by atoms with Crippen LogP contribution in [0.3, 0.4) is 0 Å². The minimum atomic E-state index is -2.88. The van der Waals surface area contributed by atoms with Crippen molar-refractivity contribution >= 4 is 22.8 Å². The van der Waals surface area contributed by atoms with Crippen molar-refractivity contribution in [3.05, 3.63) is 46.9 Å². The minimum absolute atomic E-state index is 0.0485. The average Bonchev–Trinajstić information content (AvgIpc) is 3.67. The second kappa shape index (κ2) is 9.40. The van der Waals surface area contributed by atoms with Crippen LogP contribution in [0.25, 0.3) is 11.0 Å². The van der Waals surface area contributed by atoms with Crippen LogP contribution in [0.1, 0.15) is 65.1 Å². The number of likely N-dealkylation sites (tertiary alicyclic amines) is 1. The monoisotopic (exact) mass is 531 g/mol. The number of benzene rings is 1. The number of rotatable bonds is 6. The summed E-state index contributed by atoms with van der Waals surface area (Å²) < 4.78 is 52.9. The van der Waals surface area contributed by atoms with Crippen LogP contribution in [0.2, 0.25) is 0 Å². The molecule has 2 aromatic heterocycles. The molecule has 3 atom stereocenters. The molecule has 38 heavy (non-hydrogen) atoms. The number of carbonyl (C=O) groups is 2. The van der Waals surface area contributed by atoms with Crippen LogP contribution >= 0.6 is 0 Å². The number of amides is 2. The summed E-state index contributed by atoms with van der Waals surface area (Å²) in [5.41, 5.74) is 1.63. The Labute approximate surface area is 216 Å². The molecule has 1 saturated carbocycles. The fourth-order valence-corrected chi connectivity index (χ4v) is 5.95. The first-order chi connectivity index (χ1) is 18.2. The third kappa shape index (κ3) is 4.34. The number of imidazole rings is 1. The summed E-state index contributed by atoms with van der Waals surface area (Å²) in [6, 6.07) is 2.82. The molecule has 6 rings (SSSR count). The van der Waals surface area contributed by atoms with Gasteiger partial charge in [-0.05, 0) is 37.3 Å². The number of nitrogens with zero attached hydrogens (tertiary/aromatic N) is 3. The number of hydrogen-bond acceptors (Lipinski definition) is 6. The van der Waals surface area contributed by atoms with E-state index in [0.29, 0.717) is 22.6 Å². The van der Waals surface area contributed by atoms with Crippen LogP contribution in [-0.4, -0.2) is 64.1 Å². The molecule has 12 heteroatoms. The van der Waals surface area contributed by atoms with Crippen molar-refractivity contribution in [1.82, 2.24) is 25.3 Å². The molecule has 2 saturated heterocycles. The Bertz CT molecular complexity index is 1370. The highest BCUT2D eigenvalue weighted by atomic mass is 19.3. The molecule has 2 amide bonds. The number of aromatic nitrogens is 3. The van der Waals surface area contributed by atoms with Crippen LogP contribution < -0.4 is 5.32 Å². The number of H-pyrrole nitrogens is 1. The summed E-state index contributed by atoms with van der Waals surface area (Å²) in [6.07, 6.45) is 5.15. The van der Waals surface area contributed by atoms with Gasteiger partial charge >= 0.3 is 0 Å². The van der Waals surface area contributed by atoms with Crippen molar-refractivity contribution in [2.45, 2.75) is 50.5 Å². The molecule has 0 bridgehead atoms. The first kappa shape index (κ1) is 24.9. The summed E-state index contributed by atoms with van der Waals surface area (Å²) in [7, 11) is 0. The SMILES string of the molecule is Cc1nocc1C(=O)NC(c1nc2c(F)c(C3COCC3C(=O)N3CC(F)(F)C3)ccc2[nH]1)C1CCCC1. The maximum atomic E-state index is 15.9. The smallest absolute Gasteiger partial charge is 0.282 e. The lowest BCUT2D eigenvalue weighted by molar-refractivity contribution is -0.169.